The minimum absolute atomic E-state index is 0.182. The van der Waals surface area contributed by atoms with E-state index in [1.165, 1.54) is 4.31 Å². The highest BCUT2D eigenvalue weighted by atomic mass is 32.2. The van der Waals surface area contributed by atoms with Gasteiger partial charge in [-0.15, -0.1) is 0 Å². The maximum atomic E-state index is 12.9. The quantitative estimate of drug-likeness (QED) is 0.551. The van der Waals surface area contributed by atoms with Crippen LogP contribution in [0.25, 0.3) is 0 Å². The van der Waals surface area contributed by atoms with Crippen LogP contribution in [0.2, 0.25) is 0 Å². The largest absolute Gasteiger partial charge is 0.489 e. The van der Waals surface area contributed by atoms with Gasteiger partial charge < -0.3 is 14.8 Å². The summed E-state index contributed by atoms with van der Waals surface area (Å²) in [5.41, 5.74) is 2.24. The maximum Gasteiger partial charge on any atom is 0.251 e. The van der Waals surface area contributed by atoms with Crippen LogP contribution in [0.15, 0.2) is 83.8 Å². The molecule has 0 atom stereocenters. The third-order valence-electron chi connectivity index (χ3n) is 5.30. The predicted octanol–water partition coefficient (Wildman–Crippen LogP) is 3.22. The number of carbonyl (C=O) groups is 1. The van der Waals surface area contributed by atoms with Gasteiger partial charge in [0, 0.05) is 25.2 Å². The molecular formula is C25H26N2O5S. The van der Waals surface area contributed by atoms with Gasteiger partial charge in [-0.2, -0.15) is 4.31 Å². The molecule has 0 saturated carbocycles. The summed E-state index contributed by atoms with van der Waals surface area (Å²) in [6, 6.07) is 23.3. The lowest BCUT2D eigenvalue weighted by atomic mass is 10.2. The minimum atomic E-state index is -3.57. The molecule has 1 aliphatic rings. The topological polar surface area (TPSA) is 84.9 Å². The van der Waals surface area contributed by atoms with Crippen molar-refractivity contribution in [1.82, 2.24) is 9.62 Å². The number of hydrogen-bond acceptors (Lipinski definition) is 5. The summed E-state index contributed by atoms with van der Waals surface area (Å²) in [7, 11) is -3.57. The molecule has 8 heteroatoms. The second-order valence-electron chi connectivity index (χ2n) is 7.65. The Morgan fingerprint density at radius 2 is 1.64 bits per heavy atom. The summed E-state index contributed by atoms with van der Waals surface area (Å²) in [4.78, 5) is 12.7. The Labute approximate surface area is 194 Å². The third kappa shape index (κ3) is 5.98. The zero-order valence-corrected chi connectivity index (χ0v) is 19.0. The Hall–Kier alpha value is -3.20. The number of hydrogen-bond donors (Lipinski definition) is 1. The molecule has 172 valence electrons. The number of amides is 1. The Morgan fingerprint density at radius 1 is 0.909 bits per heavy atom. The first-order chi connectivity index (χ1) is 16.0. The Kier molecular flexibility index (Phi) is 7.39. The molecule has 7 nitrogen and oxygen atoms in total. The molecule has 0 aliphatic carbocycles. The van der Waals surface area contributed by atoms with E-state index in [0.717, 1.165) is 11.1 Å². The highest BCUT2D eigenvalue weighted by Gasteiger charge is 2.26. The van der Waals surface area contributed by atoms with Crippen LogP contribution in [0.4, 0.5) is 0 Å². The Morgan fingerprint density at radius 3 is 2.42 bits per heavy atom. The van der Waals surface area contributed by atoms with Crippen LogP contribution < -0.4 is 10.1 Å². The summed E-state index contributed by atoms with van der Waals surface area (Å²) < 4.78 is 38.3. The first kappa shape index (κ1) is 23.0. The van der Waals surface area contributed by atoms with Gasteiger partial charge in [-0.25, -0.2) is 8.42 Å². The monoisotopic (exact) mass is 466 g/mol. The van der Waals surface area contributed by atoms with Gasteiger partial charge in [0.2, 0.25) is 10.0 Å². The van der Waals surface area contributed by atoms with Crippen LogP contribution in [0.3, 0.4) is 0 Å². The van der Waals surface area contributed by atoms with Gasteiger partial charge >= 0.3 is 0 Å². The summed E-state index contributed by atoms with van der Waals surface area (Å²) >= 11 is 0. The highest BCUT2D eigenvalue weighted by Crippen LogP contribution is 2.20. The molecule has 0 radical (unpaired) electrons. The number of nitrogens with zero attached hydrogens (tertiary/aromatic N) is 1. The normalized spacial score (nSPS) is 14.5. The number of rotatable bonds is 8. The number of carbonyl (C=O) groups excluding carboxylic acids is 1. The van der Waals surface area contributed by atoms with Crippen LogP contribution >= 0.6 is 0 Å². The number of morpholine rings is 1. The van der Waals surface area contributed by atoms with Crippen LogP contribution in [-0.4, -0.2) is 44.9 Å². The highest BCUT2D eigenvalue weighted by molar-refractivity contribution is 7.89. The van der Waals surface area contributed by atoms with Crippen molar-refractivity contribution in [3.8, 4) is 5.75 Å². The molecule has 0 aromatic heterocycles. The van der Waals surface area contributed by atoms with Crippen molar-refractivity contribution in [2.45, 2.75) is 18.0 Å². The molecule has 1 heterocycles. The zero-order valence-electron chi connectivity index (χ0n) is 18.1. The molecule has 0 spiro atoms. The number of sulfonamides is 1. The van der Waals surface area contributed by atoms with Crippen molar-refractivity contribution >= 4 is 15.9 Å². The number of ether oxygens (including phenoxy) is 2. The standard InChI is InChI=1S/C25H26N2O5S/c28-25(26-18-20-6-2-1-3-7-20)22-9-5-10-23(17-22)32-19-21-8-4-11-24(16-21)33(29,30)27-12-14-31-15-13-27/h1-11,16-17H,12-15,18-19H2,(H,26,28). The first-order valence-corrected chi connectivity index (χ1v) is 12.2. The van der Waals surface area contributed by atoms with E-state index in [-0.39, 0.29) is 17.4 Å². The summed E-state index contributed by atoms with van der Waals surface area (Å²) in [5, 5.41) is 2.90. The van der Waals surface area contributed by atoms with E-state index < -0.39 is 10.0 Å². The zero-order chi connectivity index (χ0) is 23.1. The van der Waals surface area contributed by atoms with Crippen molar-refractivity contribution in [2.24, 2.45) is 0 Å². The van der Waals surface area contributed by atoms with E-state index in [2.05, 4.69) is 5.32 Å². The molecule has 0 unspecified atom stereocenters. The SMILES string of the molecule is O=C(NCc1ccccc1)c1cccc(OCc2cccc(S(=O)(=O)N3CCOCC3)c2)c1. The fourth-order valence-electron chi connectivity index (χ4n) is 3.51. The van der Waals surface area contributed by atoms with Crippen molar-refractivity contribution in [2.75, 3.05) is 26.3 Å². The van der Waals surface area contributed by atoms with Gasteiger partial charge in [-0.1, -0.05) is 48.5 Å². The van der Waals surface area contributed by atoms with Gasteiger partial charge in [0.15, 0.2) is 0 Å². The van der Waals surface area contributed by atoms with Crippen molar-refractivity contribution < 1.29 is 22.7 Å². The molecule has 1 amide bonds. The first-order valence-electron chi connectivity index (χ1n) is 10.7. The second kappa shape index (κ2) is 10.6. The van der Waals surface area contributed by atoms with E-state index >= 15 is 0 Å². The molecule has 1 aliphatic heterocycles. The van der Waals surface area contributed by atoms with Crippen molar-refractivity contribution in [3.63, 3.8) is 0 Å². The second-order valence-corrected chi connectivity index (χ2v) is 9.59. The fraction of sp³-hybridized carbons (Fsp3) is 0.240. The lowest BCUT2D eigenvalue weighted by Gasteiger charge is -2.26. The van der Waals surface area contributed by atoms with Crippen molar-refractivity contribution in [3.05, 3.63) is 95.6 Å². The van der Waals surface area contributed by atoms with Gasteiger partial charge in [0.05, 0.1) is 18.1 Å². The summed E-state index contributed by atoms with van der Waals surface area (Å²) in [5.74, 6) is 0.340. The number of nitrogens with one attached hydrogen (secondary N) is 1. The molecule has 3 aromatic carbocycles. The molecule has 4 rings (SSSR count). The molecule has 3 aromatic rings. The van der Waals surface area contributed by atoms with Gasteiger partial charge in [0.25, 0.3) is 5.91 Å². The van der Waals surface area contributed by atoms with Gasteiger partial charge in [-0.05, 0) is 41.5 Å². The average Bonchev–Trinajstić information content (AvgIpc) is 2.87. The van der Waals surface area contributed by atoms with E-state index in [0.29, 0.717) is 44.2 Å². The molecule has 33 heavy (non-hydrogen) atoms. The van der Waals surface area contributed by atoms with Crippen LogP contribution in [0.5, 0.6) is 5.75 Å². The van der Waals surface area contributed by atoms with Gasteiger partial charge in [0.1, 0.15) is 12.4 Å². The molecular weight excluding hydrogens is 440 g/mol. The summed E-state index contributed by atoms with van der Waals surface area (Å²) in [6.07, 6.45) is 0. The van der Waals surface area contributed by atoms with Gasteiger partial charge in [-0.3, -0.25) is 4.79 Å². The van der Waals surface area contributed by atoms with E-state index in [1.807, 2.05) is 36.4 Å². The molecule has 1 saturated heterocycles. The van der Waals surface area contributed by atoms with Crippen LogP contribution in [0, 0.1) is 0 Å². The minimum Gasteiger partial charge on any atom is -0.489 e. The van der Waals surface area contributed by atoms with Crippen LogP contribution in [0.1, 0.15) is 21.5 Å². The lowest BCUT2D eigenvalue weighted by molar-refractivity contribution is 0.0730. The Balaban J connectivity index is 1.38. The smallest absolute Gasteiger partial charge is 0.251 e. The van der Waals surface area contributed by atoms with Crippen molar-refractivity contribution in [1.29, 1.82) is 0 Å². The fourth-order valence-corrected chi connectivity index (χ4v) is 4.98. The third-order valence-corrected chi connectivity index (χ3v) is 7.20. The summed E-state index contributed by atoms with van der Waals surface area (Å²) in [6.45, 7) is 2.12. The van der Waals surface area contributed by atoms with E-state index in [9.17, 15) is 13.2 Å². The van der Waals surface area contributed by atoms with Crippen LogP contribution in [-0.2, 0) is 27.9 Å². The van der Waals surface area contributed by atoms with E-state index in [1.54, 1.807) is 42.5 Å². The molecule has 1 N–H and O–H groups in total. The lowest BCUT2D eigenvalue weighted by Crippen LogP contribution is -2.40. The Bertz CT molecular complexity index is 1190. The maximum absolute atomic E-state index is 12.9. The molecule has 0 bridgehead atoms. The molecule has 1 fully saturated rings. The van der Waals surface area contributed by atoms with E-state index in [4.69, 9.17) is 9.47 Å². The predicted molar refractivity (Wildman–Crippen MR) is 124 cm³/mol. The number of benzene rings is 3. The average molecular weight is 467 g/mol.